The summed E-state index contributed by atoms with van der Waals surface area (Å²) in [7, 11) is 0. The number of halogens is 3. The fraction of sp³-hybridized carbons (Fsp3) is 0.300. The molecule has 2 N–H and O–H groups in total. The number of aliphatic carboxylic acids is 1. The van der Waals surface area contributed by atoms with Crippen molar-refractivity contribution >= 4 is 5.97 Å². The number of aryl methyl sites for hydroxylation is 1. The molecule has 0 fully saturated rings. The van der Waals surface area contributed by atoms with E-state index in [0.29, 0.717) is 30.5 Å². The van der Waals surface area contributed by atoms with Crippen molar-refractivity contribution in [2.75, 3.05) is 6.54 Å². The number of carboxylic acids is 1. The van der Waals surface area contributed by atoms with E-state index >= 15 is 0 Å². The lowest BCUT2D eigenvalue weighted by molar-refractivity contribution is -0.140. The summed E-state index contributed by atoms with van der Waals surface area (Å²) in [6, 6.07) is 17.7. The van der Waals surface area contributed by atoms with Gasteiger partial charge in [0.05, 0.1) is 5.56 Å². The van der Waals surface area contributed by atoms with Crippen molar-refractivity contribution < 1.29 is 27.6 Å². The van der Waals surface area contributed by atoms with Gasteiger partial charge < -0.3 is 14.9 Å². The maximum atomic E-state index is 14.0. The first kappa shape index (κ1) is 28.0. The number of carboxylic acid groups (broad SMARTS) is 1. The molecule has 0 amide bonds. The average Bonchev–Trinajstić information content (AvgIpc) is 3.38. The second-order valence-corrected chi connectivity index (χ2v) is 9.92. The summed E-state index contributed by atoms with van der Waals surface area (Å²) in [6.45, 7) is 6.19. The summed E-state index contributed by atoms with van der Waals surface area (Å²) in [5, 5.41) is 16.5. The lowest BCUT2D eigenvalue weighted by Gasteiger charge is -2.16. The Morgan fingerprint density at radius 3 is 2.46 bits per heavy atom. The van der Waals surface area contributed by atoms with E-state index in [1.165, 1.54) is 6.07 Å². The zero-order chi connectivity index (χ0) is 28.2. The van der Waals surface area contributed by atoms with Crippen molar-refractivity contribution in [3.8, 4) is 34.0 Å². The molecule has 1 atom stereocenters. The zero-order valence-electron chi connectivity index (χ0n) is 21.9. The van der Waals surface area contributed by atoms with Gasteiger partial charge in [0, 0.05) is 11.1 Å². The smallest absolute Gasteiger partial charge is 0.417 e. The summed E-state index contributed by atoms with van der Waals surface area (Å²) >= 11 is 0. The third-order valence-corrected chi connectivity index (χ3v) is 6.43. The van der Waals surface area contributed by atoms with E-state index in [-0.39, 0.29) is 28.8 Å². The van der Waals surface area contributed by atoms with Crippen LogP contribution in [0, 0.1) is 12.8 Å². The number of alkyl halides is 3. The monoisotopic (exact) mass is 537 g/mol. The van der Waals surface area contributed by atoms with E-state index in [1.54, 1.807) is 43.3 Å². The molecular formula is C30H30F3N3O3. The van der Waals surface area contributed by atoms with Crippen molar-refractivity contribution in [1.82, 2.24) is 15.5 Å². The Hall–Kier alpha value is -3.98. The molecule has 0 bridgehead atoms. The number of aromatic nitrogens is 2. The maximum Gasteiger partial charge on any atom is 0.417 e. The summed E-state index contributed by atoms with van der Waals surface area (Å²) in [6.07, 6.45) is -3.47. The Kier molecular flexibility index (Phi) is 8.50. The van der Waals surface area contributed by atoms with Gasteiger partial charge in [-0.2, -0.15) is 18.2 Å². The lowest BCUT2D eigenvalue weighted by atomic mass is 9.94. The van der Waals surface area contributed by atoms with Gasteiger partial charge in [0.1, 0.15) is 6.04 Å². The van der Waals surface area contributed by atoms with Crippen LogP contribution in [0.1, 0.15) is 37.0 Å². The highest BCUT2D eigenvalue weighted by atomic mass is 19.4. The molecule has 1 unspecified atom stereocenters. The molecule has 4 aromatic rings. The topological polar surface area (TPSA) is 88.2 Å². The van der Waals surface area contributed by atoms with Crippen molar-refractivity contribution in [3.63, 3.8) is 0 Å². The van der Waals surface area contributed by atoms with Crippen molar-refractivity contribution in [3.05, 3.63) is 83.4 Å². The third kappa shape index (κ3) is 6.92. The quantitative estimate of drug-likeness (QED) is 0.226. The summed E-state index contributed by atoms with van der Waals surface area (Å²) < 4.78 is 47.4. The average molecular weight is 538 g/mol. The van der Waals surface area contributed by atoms with E-state index in [9.17, 15) is 23.1 Å². The Bertz CT molecular complexity index is 1450. The molecule has 0 saturated heterocycles. The van der Waals surface area contributed by atoms with Crippen LogP contribution in [0.3, 0.4) is 0 Å². The van der Waals surface area contributed by atoms with Crippen LogP contribution in [0.15, 0.2) is 71.3 Å². The van der Waals surface area contributed by atoms with Gasteiger partial charge in [-0.05, 0) is 72.7 Å². The molecule has 0 saturated carbocycles. The number of hydrogen-bond acceptors (Lipinski definition) is 5. The van der Waals surface area contributed by atoms with Crippen LogP contribution < -0.4 is 5.32 Å². The number of nitrogens with zero attached hydrogens (tertiary/aromatic N) is 2. The SMILES string of the molecule is Cc1ccccc1-c1ccc(-c2nc(-c3cccc(CCNC(CC(C)C)C(=O)O)c3)no2)cc1C(F)(F)F. The van der Waals surface area contributed by atoms with E-state index < -0.39 is 23.8 Å². The van der Waals surface area contributed by atoms with E-state index in [2.05, 4.69) is 15.5 Å². The predicted molar refractivity (Wildman–Crippen MR) is 143 cm³/mol. The number of hydrogen-bond donors (Lipinski definition) is 2. The van der Waals surface area contributed by atoms with Gasteiger partial charge in [0.2, 0.25) is 5.82 Å². The molecule has 0 aliphatic carbocycles. The summed E-state index contributed by atoms with van der Waals surface area (Å²) in [4.78, 5) is 15.8. The second kappa shape index (κ2) is 11.8. The van der Waals surface area contributed by atoms with Gasteiger partial charge in [0.25, 0.3) is 5.89 Å². The minimum Gasteiger partial charge on any atom is -0.480 e. The minimum absolute atomic E-state index is 0.0168. The molecule has 0 aliphatic heterocycles. The Balaban J connectivity index is 1.54. The van der Waals surface area contributed by atoms with Gasteiger partial charge in [-0.3, -0.25) is 4.79 Å². The molecule has 6 nitrogen and oxygen atoms in total. The van der Waals surface area contributed by atoms with Crippen LogP contribution in [0.2, 0.25) is 0 Å². The molecule has 9 heteroatoms. The largest absolute Gasteiger partial charge is 0.480 e. The Morgan fingerprint density at radius 2 is 1.77 bits per heavy atom. The maximum absolute atomic E-state index is 14.0. The summed E-state index contributed by atoms with van der Waals surface area (Å²) in [5.74, 6) is -0.394. The van der Waals surface area contributed by atoms with Crippen molar-refractivity contribution in [2.24, 2.45) is 5.92 Å². The standard InChI is InChI=1S/C30H30F3N3O3/c1-18(2)15-26(29(37)38)34-14-13-20-8-6-9-21(16-20)27-35-28(39-36-27)22-11-12-24(25(17-22)30(31,32)33)23-10-5-4-7-19(23)3/h4-12,16-18,26,34H,13-15H2,1-3H3,(H,37,38). The van der Waals surface area contributed by atoms with Crippen LogP contribution in [0.25, 0.3) is 34.0 Å². The molecule has 3 aromatic carbocycles. The van der Waals surface area contributed by atoms with E-state index in [0.717, 1.165) is 17.2 Å². The van der Waals surface area contributed by atoms with Crippen LogP contribution in [0.5, 0.6) is 0 Å². The molecule has 0 radical (unpaired) electrons. The molecule has 4 rings (SSSR count). The van der Waals surface area contributed by atoms with Gasteiger partial charge in [-0.15, -0.1) is 0 Å². The fourth-order valence-electron chi connectivity index (χ4n) is 4.48. The number of rotatable bonds is 10. The third-order valence-electron chi connectivity index (χ3n) is 6.43. The number of benzene rings is 3. The van der Waals surface area contributed by atoms with E-state index in [4.69, 9.17) is 4.52 Å². The van der Waals surface area contributed by atoms with Crippen LogP contribution in [0.4, 0.5) is 13.2 Å². The highest BCUT2D eigenvalue weighted by molar-refractivity contribution is 5.75. The summed E-state index contributed by atoms with van der Waals surface area (Å²) in [5.41, 5.74) is 2.30. The van der Waals surface area contributed by atoms with Crippen LogP contribution >= 0.6 is 0 Å². The number of carbonyl (C=O) groups is 1. The molecule has 0 aliphatic rings. The zero-order valence-corrected chi connectivity index (χ0v) is 21.9. The fourth-order valence-corrected chi connectivity index (χ4v) is 4.48. The normalized spacial score (nSPS) is 12.6. The van der Waals surface area contributed by atoms with E-state index in [1.807, 2.05) is 32.0 Å². The minimum atomic E-state index is -4.58. The molecular weight excluding hydrogens is 507 g/mol. The van der Waals surface area contributed by atoms with Gasteiger partial charge >= 0.3 is 12.1 Å². The van der Waals surface area contributed by atoms with Crippen LogP contribution in [-0.2, 0) is 17.4 Å². The second-order valence-electron chi connectivity index (χ2n) is 9.92. The molecule has 1 aromatic heterocycles. The highest BCUT2D eigenvalue weighted by Crippen LogP contribution is 2.40. The number of nitrogens with one attached hydrogen (secondary N) is 1. The van der Waals surface area contributed by atoms with Crippen molar-refractivity contribution in [2.45, 2.75) is 45.8 Å². The van der Waals surface area contributed by atoms with Gasteiger partial charge in [-0.1, -0.05) is 67.5 Å². The molecule has 1 heterocycles. The molecule has 0 spiro atoms. The Labute approximate surface area is 224 Å². The first-order valence-corrected chi connectivity index (χ1v) is 12.7. The Morgan fingerprint density at radius 1 is 1.00 bits per heavy atom. The van der Waals surface area contributed by atoms with Crippen LogP contribution in [-0.4, -0.2) is 33.8 Å². The molecule has 204 valence electrons. The van der Waals surface area contributed by atoms with Gasteiger partial charge in [0.15, 0.2) is 0 Å². The first-order chi connectivity index (χ1) is 18.5. The van der Waals surface area contributed by atoms with Crippen molar-refractivity contribution in [1.29, 1.82) is 0 Å². The highest BCUT2D eigenvalue weighted by Gasteiger charge is 2.34. The lowest BCUT2D eigenvalue weighted by Crippen LogP contribution is -2.38. The first-order valence-electron chi connectivity index (χ1n) is 12.7. The molecule has 39 heavy (non-hydrogen) atoms. The predicted octanol–water partition coefficient (Wildman–Crippen LogP) is 7.03. The van der Waals surface area contributed by atoms with Gasteiger partial charge in [-0.25, -0.2) is 0 Å².